The largest absolute Gasteiger partial charge is 0.507 e. The molecule has 0 aliphatic carbocycles. The van der Waals surface area contributed by atoms with Gasteiger partial charge in [0.25, 0.3) is 5.78 Å². The van der Waals surface area contributed by atoms with Crippen molar-refractivity contribution in [2.45, 2.75) is 13.0 Å². The Hall–Kier alpha value is -4.57. The number of benzene rings is 3. The number of anilines is 1. The third kappa shape index (κ3) is 4.63. The van der Waals surface area contributed by atoms with Crippen molar-refractivity contribution in [3.05, 3.63) is 77.4 Å². The number of aliphatic hydroxyl groups is 1. The van der Waals surface area contributed by atoms with Gasteiger partial charge in [-0.05, 0) is 67.6 Å². The molecular formula is C29H26N2O7S. The second-order valence-electron chi connectivity index (χ2n) is 8.56. The van der Waals surface area contributed by atoms with Gasteiger partial charge in [-0.2, -0.15) is 0 Å². The van der Waals surface area contributed by atoms with Crippen molar-refractivity contribution in [2.75, 3.05) is 32.8 Å². The smallest absolute Gasteiger partial charge is 0.301 e. The molecule has 0 bridgehead atoms. The number of carbonyl (C=O) groups excluding carboxylic acids is 2. The minimum atomic E-state index is -1.04. The number of thiazole rings is 1. The number of hydrogen-bond donors (Lipinski definition) is 1. The quantitative estimate of drug-likeness (QED) is 0.179. The number of carbonyl (C=O) groups is 2. The lowest BCUT2D eigenvalue weighted by Crippen LogP contribution is -2.29. The fourth-order valence-electron chi connectivity index (χ4n) is 4.53. The van der Waals surface area contributed by atoms with Crippen LogP contribution in [0.3, 0.4) is 0 Å². The third-order valence-corrected chi connectivity index (χ3v) is 7.42. The maximum Gasteiger partial charge on any atom is 0.301 e. The van der Waals surface area contributed by atoms with Crippen LogP contribution < -0.4 is 23.8 Å². The molecule has 1 unspecified atom stereocenters. The van der Waals surface area contributed by atoms with Crippen LogP contribution in [0.4, 0.5) is 5.13 Å². The Bertz CT molecular complexity index is 1590. The Morgan fingerprint density at radius 2 is 1.59 bits per heavy atom. The van der Waals surface area contributed by atoms with Crippen LogP contribution in [0.25, 0.3) is 16.0 Å². The summed E-state index contributed by atoms with van der Waals surface area (Å²) in [6.07, 6.45) is 0. The van der Waals surface area contributed by atoms with Crippen LogP contribution in [0.5, 0.6) is 23.0 Å². The van der Waals surface area contributed by atoms with E-state index in [0.29, 0.717) is 51.4 Å². The van der Waals surface area contributed by atoms with E-state index in [4.69, 9.17) is 18.9 Å². The van der Waals surface area contributed by atoms with Crippen molar-refractivity contribution >= 4 is 44.1 Å². The average Bonchev–Trinajstić information content (AvgIpc) is 3.50. The number of amides is 1. The Balaban J connectivity index is 1.73. The highest BCUT2D eigenvalue weighted by Crippen LogP contribution is 2.47. The van der Waals surface area contributed by atoms with E-state index in [-0.39, 0.29) is 11.3 Å². The van der Waals surface area contributed by atoms with Gasteiger partial charge >= 0.3 is 5.91 Å². The number of hydrogen-bond acceptors (Lipinski definition) is 9. The Labute approximate surface area is 228 Å². The number of ether oxygens (including phenoxy) is 4. The molecule has 1 aliphatic rings. The van der Waals surface area contributed by atoms with Crippen molar-refractivity contribution < 1.29 is 33.6 Å². The topological polar surface area (TPSA) is 107 Å². The second kappa shape index (κ2) is 10.7. The maximum atomic E-state index is 13.6. The first-order valence-corrected chi connectivity index (χ1v) is 12.9. The van der Waals surface area contributed by atoms with Crippen molar-refractivity contribution in [3.8, 4) is 23.0 Å². The Morgan fingerprint density at radius 1 is 0.923 bits per heavy atom. The van der Waals surface area contributed by atoms with Crippen LogP contribution in [0.1, 0.15) is 24.1 Å². The van der Waals surface area contributed by atoms with Gasteiger partial charge in [0.15, 0.2) is 5.13 Å². The third-order valence-electron chi connectivity index (χ3n) is 6.41. The zero-order chi connectivity index (χ0) is 27.7. The molecule has 1 atom stereocenters. The molecule has 1 aromatic heterocycles. The number of ketones is 1. The van der Waals surface area contributed by atoms with Gasteiger partial charge in [-0.1, -0.05) is 11.3 Å². The van der Waals surface area contributed by atoms with Crippen LogP contribution >= 0.6 is 11.3 Å². The lowest BCUT2D eigenvalue weighted by molar-refractivity contribution is -0.132. The molecule has 3 aromatic carbocycles. The van der Waals surface area contributed by atoms with Gasteiger partial charge in [0.1, 0.15) is 34.8 Å². The SMILES string of the molecule is CCOc1ccc(C(O)=C2C(=O)C(=O)N(c3nc4ccc(OC)cc4s3)C2c2cc(OC)ccc2OC)cc1. The molecule has 0 spiro atoms. The Kier molecular flexibility index (Phi) is 7.12. The zero-order valence-electron chi connectivity index (χ0n) is 21.8. The van der Waals surface area contributed by atoms with Crippen LogP contribution in [-0.2, 0) is 9.59 Å². The molecule has 9 nitrogen and oxygen atoms in total. The molecule has 10 heteroatoms. The van der Waals surface area contributed by atoms with E-state index < -0.39 is 17.7 Å². The van der Waals surface area contributed by atoms with Crippen molar-refractivity contribution in [1.82, 2.24) is 4.98 Å². The summed E-state index contributed by atoms with van der Waals surface area (Å²) >= 11 is 1.24. The highest BCUT2D eigenvalue weighted by Gasteiger charge is 2.49. The molecule has 0 saturated carbocycles. The standard InChI is InChI=1S/C29H26N2O7S/c1-5-38-17-8-6-16(7-9-17)26(32)24-25(20-14-18(35-2)11-13-22(20)37-4)31(28(34)27(24)33)29-30-21-12-10-19(36-3)15-23(21)39-29/h6-15,25,32H,5H2,1-4H3. The molecule has 2 heterocycles. The van der Waals surface area contributed by atoms with E-state index >= 15 is 0 Å². The van der Waals surface area contributed by atoms with Crippen LogP contribution in [0.2, 0.25) is 0 Å². The lowest BCUT2D eigenvalue weighted by atomic mass is 9.94. The molecule has 0 radical (unpaired) electrons. The van der Waals surface area contributed by atoms with Crippen molar-refractivity contribution in [2.24, 2.45) is 0 Å². The molecule has 4 aromatic rings. The highest BCUT2D eigenvalue weighted by molar-refractivity contribution is 7.22. The predicted octanol–water partition coefficient (Wildman–Crippen LogP) is 5.35. The lowest BCUT2D eigenvalue weighted by Gasteiger charge is -2.25. The molecule has 1 aliphatic heterocycles. The number of aliphatic hydroxyl groups excluding tert-OH is 1. The average molecular weight is 547 g/mol. The van der Waals surface area contributed by atoms with E-state index in [9.17, 15) is 14.7 Å². The number of Topliss-reactive ketones (excluding diaryl/α,β-unsaturated/α-hetero) is 1. The van der Waals surface area contributed by atoms with Gasteiger partial charge in [-0.15, -0.1) is 0 Å². The van der Waals surface area contributed by atoms with E-state index in [0.717, 1.165) is 4.70 Å². The molecule has 5 rings (SSSR count). The molecular weight excluding hydrogens is 520 g/mol. The summed E-state index contributed by atoms with van der Waals surface area (Å²) in [5.41, 5.74) is 1.37. The van der Waals surface area contributed by atoms with Gasteiger partial charge < -0.3 is 24.1 Å². The first-order chi connectivity index (χ1) is 18.9. The van der Waals surface area contributed by atoms with E-state index in [2.05, 4.69) is 4.98 Å². The molecule has 1 amide bonds. The number of nitrogens with zero attached hydrogens (tertiary/aromatic N) is 2. The van der Waals surface area contributed by atoms with E-state index in [1.807, 2.05) is 13.0 Å². The molecule has 200 valence electrons. The highest BCUT2D eigenvalue weighted by atomic mass is 32.1. The number of aromatic nitrogens is 1. The van der Waals surface area contributed by atoms with Gasteiger partial charge in [-0.25, -0.2) is 4.98 Å². The van der Waals surface area contributed by atoms with Gasteiger partial charge in [0.2, 0.25) is 0 Å². The maximum absolute atomic E-state index is 13.6. The van der Waals surface area contributed by atoms with Crippen LogP contribution in [0, 0.1) is 0 Å². The number of fused-ring (bicyclic) bond motifs is 1. The summed E-state index contributed by atoms with van der Waals surface area (Å²) in [6.45, 7) is 2.36. The molecule has 1 fully saturated rings. The Morgan fingerprint density at radius 3 is 2.26 bits per heavy atom. The summed E-state index contributed by atoms with van der Waals surface area (Å²) < 4.78 is 22.7. The van der Waals surface area contributed by atoms with Gasteiger partial charge in [0, 0.05) is 11.1 Å². The fourth-order valence-corrected chi connectivity index (χ4v) is 5.55. The number of rotatable bonds is 8. The predicted molar refractivity (Wildman–Crippen MR) is 148 cm³/mol. The number of methoxy groups -OCH3 is 3. The summed E-state index contributed by atoms with van der Waals surface area (Å²) in [7, 11) is 4.58. The molecule has 1 saturated heterocycles. The fraction of sp³-hybridized carbons (Fsp3) is 0.207. The molecule has 1 N–H and O–H groups in total. The second-order valence-corrected chi connectivity index (χ2v) is 9.57. The van der Waals surface area contributed by atoms with E-state index in [1.54, 1.807) is 61.7 Å². The normalized spacial score (nSPS) is 16.5. The van der Waals surface area contributed by atoms with Gasteiger partial charge in [-0.3, -0.25) is 14.5 Å². The first kappa shape index (κ1) is 26.1. The van der Waals surface area contributed by atoms with E-state index in [1.165, 1.54) is 30.5 Å². The summed E-state index contributed by atoms with van der Waals surface area (Å²) in [6, 6.07) is 16.1. The zero-order valence-corrected chi connectivity index (χ0v) is 22.6. The van der Waals surface area contributed by atoms with Crippen LogP contribution in [0.15, 0.2) is 66.2 Å². The monoisotopic (exact) mass is 546 g/mol. The molecule has 39 heavy (non-hydrogen) atoms. The summed E-state index contributed by atoms with van der Waals surface area (Å²) in [4.78, 5) is 33.1. The minimum absolute atomic E-state index is 0.0902. The van der Waals surface area contributed by atoms with Crippen molar-refractivity contribution in [3.63, 3.8) is 0 Å². The van der Waals surface area contributed by atoms with Crippen molar-refractivity contribution in [1.29, 1.82) is 0 Å². The summed E-state index contributed by atoms with van der Waals surface area (Å²) in [5.74, 6) is 0.180. The first-order valence-electron chi connectivity index (χ1n) is 12.1. The summed E-state index contributed by atoms with van der Waals surface area (Å²) in [5, 5.41) is 11.7. The van der Waals surface area contributed by atoms with Crippen LogP contribution in [-0.4, -0.2) is 49.7 Å². The minimum Gasteiger partial charge on any atom is -0.507 e. The van der Waals surface area contributed by atoms with Gasteiger partial charge in [0.05, 0.1) is 43.7 Å².